The fourth-order valence-electron chi connectivity index (χ4n) is 4.37. The Morgan fingerprint density at radius 2 is 1.26 bits per heavy atom. The van der Waals surface area contributed by atoms with Gasteiger partial charge < -0.3 is 23.7 Å². The minimum atomic E-state index is -4.00. The molecule has 5 rings (SSSR count). The zero-order chi connectivity index (χ0) is 27.8. The molecule has 1 aliphatic heterocycles. The van der Waals surface area contributed by atoms with Gasteiger partial charge in [-0.05, 0) is 73.7 Å². The lowest BCUT2D eigenvalue weighted by atomic mass is 9.97. The third kappa shape index (κ3) is 4.55. The van der Waals surface area contributed by atoms with Crippen LogP contribution < -0.4 is 18.9 Å². The Balaban J connectivity index is 1.70. The van der Waals surface area contributed by atoms with E-state index in [1.807, 2.05) is 6.92 Å². The number of esters is 1. The van der Waals surface area contributed by atoms with E-state index in [-0.39, 0.29) is 26.9 Å². The highest BCUT2D eigenvalue weighted by Crippen LogP contribution is 2.51. The van der Waals surface area contributed by atoms with E-state index in [0.717, 1.165) is 5.56 Å². The molecule has 0 saturated carbocycles. The third-order valence-electron chi connectivity index (χ3n) is 6.51. The summed E-state index contributed by atoms with van der Waals surface area (Å²) in [5, 5.41) is 0. The molecule has 4 aromatic carbocycles. The van der Waals surface area contributed by atoms with Crippen molar-refractivity contribution in [2.24, 2.45) is 0 Å². The molecule has 0 atom stereocenters. The minimum Gasteiger partial charge on any atom is -0.497 e. The number of fused-ring (bicyclic) bond motifs is 1. The van der Waals surface area contributed by atoms with Gasteiger partial charge in [0, 0.05) is 17.2 Å². The standard InChI is InChI=1S/C30H26O8S/c1-19-5-15-24(16-6-19)39(32,33)25-17-26(29(31)36-4)28-27(18-25)37-30(38-28,20-7-11-22(34-2)12-8-20)21-9-13-23(35-3)14-10-21/h5-18H,1-4H3. The summed E-state index contributed by atoms with van der Waals surface area (Å²) < 4.78 is 55.7. The van der Waals surface area contributed by atoms with Gasteiger partial charge in [0.1, 0.15) is 17.1 Å². The second kappa shape index (κ2) is 9.99. The molecule has 9 heteroatoms. The molecular formula is C30H26O8S. The normalized spacial score (nSPS) is 13.5. The van der Waals surface area contributed by atoms with Crippen LogP contribution in [0.1, 0.15) is 27.0 Å². The maximum absolute atomic E-state index is 13.6. The predicted octanol–water partition coefficient (Wildman–Crippen LogP) is 5.30. The maximum atomic E-state index is 13.6. The van der Waals surface area contributed by atoms with E-state index in [0.29, 0.717) is 22.6 Å². The number of ether oxygens (including phenoxy) is 5. The summed E-state index contributed by atoms with van der Waals surface area (Å²) in [7, 11) is 0.333. The highest BCUT2D eigenvalue weighted by atomic mass is 32.2. The molecule has 0 amide bonds. The average molecular weight is 547 g/mol. The molecule has 39 heavy (non-hydrogen) atoms. The number of methoxy groups -OCH3 is 3. The molecule has 1 heterocycles. The maximum Gasteiger partial charge on any atom is 0.341 e. The highest BCUT2D eigenvalue weighted by molar-refractivity contribution is 7.91. The van der Waals surface area contributed by atoms with Crippen LogP contribution in [0.3, 0.4) is 0 Å². The van der Waals surface area contributed by atoms with Crippen LogP contribution in [0, 0.1) is 6.92 Å². The van der Waals surface area contributed by atoms with Gasteiger partial charge in [-0.2, -0.15) is 0 Å². The number of rotatable bonds is 7. The van der Waals surface area contributed by atoms with Crippen LogP contribution in [-0.2, 0) is 20.4 Å². The van der Waals surface area contributed by atoms with E-state index in [2.05, 4.69) is 0 Å². The number of carbonyl (C=O) groups excluding carboxylic acids is 1. The van der Waals surface area contributed by atoms with Gasteiger partial charge in [-0.1, -0.05) is 17.7 Å². The highest BCUT2D eigenvalue weighted by Gasteiger charge is 2.48. The van der Waals surface area contributed by atoms with Crippen molar-refractivity contribution in [1.82, 2.24) is 0 Å². The van der Waals surface area contributed by atoms with Crippen molar-refractivity contribution in [3.63, 3.8) is 0 Å². The second-order valence-electron chi connectivity index (χ2n) is 8.88. The fourth-order valence-corrected chi connectivity index (χ4v) is 5.67. The minimum absolute atomic E-state index is 0.0661. The average Bonchev–Trinajstić information content (AvgIpc) is 3.37. The number of carbonyl (C=O) groups is 1. The number of benzene rings is 4. The Morgan fingerprint density at radius 1 is 0.718 bits per heavy atom. The first kappa shape index (κ1) is 26.1. The van der Waals surface area contributed by atoms with E-state index >= 15 is 0 Å². The van der Waals surface area contributed by atoms with Gasteiger partial charge in [-0.25, -0.2) is 13.2 Å². The van der Waals surface area contributed by atoms with Crippen LogP contribution in [-0.4, -0.2) is 35.7 Å². The SMILES string of the molecule is COC(=O)c1cc(S(=O)(=O)c2ccc(C)cc2)cc2c1OC(c1ccc(OC)cc1)(c1ccc(OC)cc1)O2. The van der Waals surface area contributed by atoms with E-state index in [1.165, 1.54) is 31.4 Å². The van der Waals surface area contributed by atoms with Crippen molar-refractivity contribution in [3.8, 4) is 23.0 Å². The van der Waals surface area contributed by atoms with E-state index in [4.69, 9.17) is 23.7 Å². The molecule has 8 nitrogen and oxygen atoms in total. The summed E-state index contributed by atoms with van der Waals surface area (Å²) in [6.07, 6.45) is 0. The zero-order valence-electron chi connectivity index (χ0n) is 21.8. The number of hydrogen-bond acceptors (Lipinski definition) is 8. The molecule has 0 spiro atoms. The van der Waals surface area contributed by atoms with Crippen molar-refractivity contribution in [3.05, 3.63) is 107 Å². The van der Waals surface area contributed by atoms with Crippen molar-refractivity contribution in [2.75, 3.05) is 21.3 Å². The van der Waals surface area contributed by atoms with Crippen LogP contribution in [0.4, 0.5) is 0 Å². The molecule has 1 aliphatic rings. The Kier molecular flexibility index (Phi) is 6.69. The number of aryl methyl sites for hydroxylation is 1. The summed E-state index contributed by atoms with van der Waals surface area (Å²) in [4.78, 5) is 12.9. The van der Waals surface area contributed by atoms with Gasteiger partial charge in [0.25, 0.3) is 0 Å². The number of hydrogen-bond donors (Lipinski definition) is 0. The molecule has 0 radical (unpaired) electrons. The lowest BCUT2D eigenvalue weighted by Gasteiger charge is -2.29. The lowest BCUT2D eigenvalue weighted by Crippen LogP contribution is -2.37. The Hall–Kier alpha value is -4.50. The van der Waals surface area contributed by atoms with E-state index < -0.39 is 21.6 Å². The quantitative estimate of drug-likeness (QED) is 0.288. The number of sulfone groups is 1. The summed E-state index contributed by atoms with van der Waals surface area (Å²) in [5.41, 5.74) is 2.01. The first-order valence-electron chi connectivity index (χ1n) is 12.0. The van der Waals surface area contributed by atoms with Crippen molar-refractivity contribution in [1.29, 1.82) is 0 Å². The van der Waals surface area contributed by atoms with Gasteiger partial charge in [-0.15, -0.1) is 0 Å². The largest absolute Gasteiger partial charge is 0.497 e. The van der Waals surface area contributed by atoms with Gasteiger partial charge >= 0.3 is 11.8 Å². The van der Waals surface area contributed by atoms with Crippen molar-refractivity contribution >= 4 is 15.8 Å². The molecule has 0 saturated heterocycles. The molecule has 0 aromatic heterocycles. The summed E-state index contributed by atoms with van der Waals surface area (Å²) in [5.74, 6) is -0.917. The summed E-state index contributed by atoms with van der Waals surface area (Å²) in [6, 6.07) is 23.2. The first-order chi connectivity index (χ1) is 18.7. The van der Waals surface area contributed by atoms with Gasteiger partial charge in [-0.3, -0.25) is 0 Å². The molecular weight excluding hydrogens is 520 g/mol. The Labute approximate surface area is 226 Å². The smallest absolute Gasteiger partial charge is 0.341 e. The summed E-state index contributed by atoms with van der Waals surface area (Å²) >= 11 is 0. The molecule has 0 fully saturated rings. The monoisotopic (exact) mass is 546 g/mol. The summed E-state index contributed by atoms with van der Waals surface area (Å²) in [6.45, 7) is 1.87. The molecule has 0 unspecified atom stereocenters. The third-order valence-corrected chi connectivity index (χ3v) is 8.26. The predicted molar refractivity (Wildman–Crippen MR) is 142 cm³/mol. The van der Waals surface area contributed by atoms with Crippen LogP contribution in [0.5, 0.6) is 23.0 Å². The zero-order valence-corrected chi connectivity index (χ0v) is 22.6. The molecule has 0 aliphatic carbocycles. The van der Waals surface area contributed by atoms with Crippen LogP contribution in [0.2, 0.25) is 0 Å². The molecule has 0 bridgehead atoms. The molecule has 200 valence electrons. The fraction of sp³-hybridized carbons (Fsp3) is 0.167. The van der Waals surface area contributed by atoms with Crippen LogP contribution in [0.15, 0.2) is 94.7 Å². The second-order valence-corrected chi connectivity index (χ2v) is 10.8. The van der Waals surface area contributed by atoms with Crippen molar-refractivity contribution in [2.45, 2.75) is 22.5 Å². The van der Waals surface area contributed by atoms with Gasteiger partial charge in [0.2, 0.25) is 9.84 Å². The Bertz CT molecular complexity index is 1580. The molecule has 0 N–H and O–H groups in total. The Morgan fingerprint density at radius 3 is 1.74 bits per heavy atom. The first-order valence-corrected chi connectivity index (χ1v) is 13.5. The van der Waals surface area contributed by atoms with Gasteiger partial charge in [0.15, 0.2) is 11.5 Å². The van der Waals surface area contributed by atoms with Crippen molar-refractivity contribution < 1.29 is 36.9 Å². The van der Waals surface area contributed by atoms with Gasteiger partial charge in [0.05, 0.1) is 31.1 Å². The molecule has 4 aromatic rings. The van der Waals surface area contributed by atoms with Crippen LogP contribution in [0.25, 0.3) is 0 Å². The lowest BCUT2D eigenvalue weighted by molar-refractivity contribution is -0.0463. The topological polar surface area (TPSA) is 97.4 Å². The van der Waals surface area contributed by atoms with Crippen LogP contribution >= 0.6 is 0 Å². The van der Waals surface area contributed by atoms with E-state index in [9.17, 15) is 13.2 Å². The van der Waals surface area contributed by atoms with E-state index in [1.54, 1.807) is 74.9 Å².